The zero-order valence-electron chi connectivity index (χ0n) is 11.5. The van der Waals surface area contributed by atoms with Crippen LogP contribution in [0.4, 0.5) is 0 Å². The molecule has 1 atom stereocenters. The van der Waals surface area contributed by atoms with E-state index in [1.54, 1.807) is 0 Å². The van der Waals surface area contributed by atoms with Crippen molar-refractivity contribution in [2.75, 3.05) is 33.4 Å². The summed E-state index contributed by atoms with van der Waals surface area (Å²) >= 11 is 0. The lowest BCUT2D eigenvalue weighted by Gasteiger charge is -2.16. The van der Waals surface area contributed by atoms with Crippen LogP contribution in [-0.2, 0) is 6.54 Å². The standard InChI is InChI=1S/C15H22N2O2/c1-17-7-6-13(11-17)16-10-12-4-2-5-14-15(12)19-9-3-8-18-14/h2,4-5,13,16H,3,6-11H2,1H3. The van der Waals surface area contributed by atoms with Crippen molar-refractivity contribution < 1.29 is 9.47 Å². The summed E-state index contributed by atoms with van der Waals surface area (Å²) in [6.07, 6.45) is 2.18. The van der Waals surface area contributed by atoms with Gasteiger partial charge in [0.25, 0.3) is 0 Å². The van der Waals surface area contributed by atoms with Crippen LogP contribution in [0.15, 0.2) is 18.2 Å². The molecular weight excluding hydrogens is 240 g/mol. The first-order chi connectivity index (χ1) is 9.33. The Kier molecular flexibility index (Phi) is 3.89. The fourth-order valence-electron chi connectivity index (χ4n) is 2.75. The Morgan fingerprint density at radius 3 is 3.05 bits per heavy atom. The Hall–Kier alpha value is -1.26. The monoisotopic (exact) mass is 262 g/mol. The molecule has 0 aliphatic carbocycles. The summed E-state index contributed by atoms with van der Waals surface area (Å²) in [6.45, 7) is 4.66. The number of fused-ring (bicyclic) bond motifs is 1. The molecule has 0 saturated carbocycles. The maximum Gasteiger partial charge on any atom is 0.165 e. The first-order valence-corrected chi connectivity index (χ1v) is 7.12. The number of rotatable bonds is 3. The Balaban J connectivity index is 1.67. The smallest absolute Gasteiger partial charge is 0.165 e. The van der Waals surface area contributed by atoms with Gasteiger partial charge in [0.05, 0.1) is 13.2 Å². The number of ether oxygens (including phenoxy) is 2. The first-order valence-electron chi connectivity index (χ1n) is 7.12. The third-order valence-corrected chi connectivity index (χ3v) is 3.83. The summed E-state index contributed by atoms with van der Waals surface area (Å²) in [6, 6.07) is 6.75. The topological polar surface area (TPSA) is 33.7 Å². The van der Waals surface area contributed by atoms with E-state index in [0.717, 1.165) is 44.2 Å². The Labute approximate surface area is 114 Å². The lowest BCUT2D eigenvalue weighted by molar-refractivity contribution is 0.295. The minimum Gasteiger partial charge on any atom is -0.490 e. The number of benzene rings is 1. The molecular formula is C15H22N2O2. The Bertz CT molecular complexity index is 436. The van der Waals surface area contributed by atoms with Gasteiger partial charge in [0, 0.05) is 31.1 Å². The lowest BCUT2D eigenvalue weighted by Crippen LogP contribution is -2.31. The van der Waals surface area contributed by atoms with Gasteiger partial charge in [-0.25, -0.2) is 0 Å². The zero-order valence-corrected chi connectivity index (χ0v) is 11.5. The minimum absolute atomic E-state index is 0.590. The summed E-state index contributed by atoms with van der Waals surface area (Å²) in [5.41, 5.74) is 1.20. The third kappa shape index (κ3) is 3.01. The van der Waals surface area contributed by atoms with Gasteiger partial charge in [0.2, 0.25) is 0 Å². The molecule has 0 bridgehead atoms. The van der Waals surface area contributed by atoms with Gasteiger partial charge >= 0.3 is 0 Å². The van der Waals surface area contributed by atoms with Crippen molar-refractivity contribution in [1.29, 1.82) is 0 Å². The minimum atomic E-state index is 0.590. The van der Waals surface area contributed by atoms with Gasteiger partial charge in [-0.2, -0.15) is 0 Å². The van der Waals surface area contributed by atoms with E-state index in [1.165, 1.54) is 18.5 Å². The molecule has 0 amide bonds. The molecule has 1 fully saturated rings. The van der Waals surface area contributed by atoms with Gasteiger partial charge < -0.3 is 19.7 Å². The van der Waals surface area contributed by atoms with Gasteiger partial charge in [-0.3, -0.25) is 0 Å². The fraction of sp³-hybridized carbons (Fsp3) is 0.600. The second-order valence-electron chi connectivity index (χ2n) is 5.42. The highest BCUT2D eigenvalue weighted by Crippen LogP contribution is 2.33. The zero-order chi connectivity index (χ0) is 13.1. The van der Waals surface area contributed by atoms with E-state index in [2.05, 4.69) is 23.3 Å². The molecule has 1 saturated heterocycles. The molecule has 19 heavy (non-hydrogen) atoms. The van der Waals surface area contributed by atoms with Gasteiger partial charge in [-0.15, -0.1) is 0 Å². The molecule has 1 N–H and O–H groups in total. The number of nitrogens with one attached hydrogen (secondary N) is 1. The van der Waals surface area contributed by atoms with E-state index >= 15 is 0 Å². The molecule has 1 unspecified atom stereocenters. The number of para-hydroxylation sites is 1. The van der Waals surface area contributed by atoms with Crippen LogP contribution in [0.5, 0.6) is 11.5 Å². The summed E-state index contributed by atoms with van der Waals surface area (Å²) in [4.78, 5) is 2.36. The summed E-state index contributed by atoms with van der Waals surface area (Å²) in [7, 11) is 2.17. The quantitative estimate of drug-likeness (QED) is 0.898. The van der Waals surface area contributed by atoms with Crippen molar-refractivity contribution in [1.82, 2.24) is 10.2 Å². The molecule has 2 heterocycles. The highest BCUT2D eigenvalue weighted by molar-refractivity contribution is 5.47. The van der Waals surface area contributed by atoms with E-state index in [-0.39, 0.29) is 0 Å². The normalized spacial score (nSPS) is 23.3. The first kappa shape index (κ1) is 12.8. The average Bonchev–Trinajstić information content (AvgIpc) is 2.69. The average molecular weight is 262 g/mol. The molecule has 2 aliphatic heterocycles. The Morgan fingerprint density at radius 1 is 1.32 bits per heavy atom. The van der Waals surface area contributed by atoms with Crippen molar-refractivity contribution >= 4 is 0 Å². The van der Waals surface area contributed by atoms with Gasteiger partial charge in [0.1, 0.15) is 0 Å². The van der Waals surface area contributed by atoms with Crippen molar-refractivity contribution in [2.24, 2.45) is 0 Å². The number of hydrogen-bond acceptors (Lipinski definition) is 4. The SMILES string of the molecule is CN1CCC(NCc2cccc3c2OCCCO3)C1. The predicted molar refractivity (Wildman–Crippen MR) is 74.8 cm³/mol. The number of likely N-dealkylation sites (tertiary alicyclic amines) is 1. The van der Waals surface area contributed by atoms with Crippen molar-refractivity contribution in [2.45, 2.75) is 25.4 Å². The molecule has 104 valence electrons. The fourth-order valence-corrected chi connectivity index (χ4v) is 2.75. The van der Waals surface area contributed by atoms with Crippen LogP contribution in [0.3, 0.4) is 0 Å². The third-order valence-electron chi connectivity index (χ3n) is 3.83. The predicted octanol–water partition coefficient (Wildman–Crippen LogP) is 1.64. The van der Waals surface area contributed by atoms with E-state index in [9.17, 15) is 0 Å². The van der Waals surface area contributed by atoms with Crippen LogP contribution in [-0.4, -0.2) is 44.3 Å². The van der Waals surface area contributed by atoms with E-state index in [1.807, 2.05) is 12.1 Å². The van der Waals surface area contributed by atoms with E-state index < -0.39 is 0 Å². The summed E-state index contributed by atoms with van der Waals surface area (Å²) in [5, 5.41) is 3.62. The second kappa shape index (κ2) is 5.80. The van der Waals surface area contributed by atoms with Crippen molar-refractivity contribution in [3.63, 3.8) is 0 Å². The van der Waals surface area contributed by atoms with Crippen LogP contribution in [0, 0.1) is 0 Å². The summed E-state index contributed by atoms with van der Waals surface area (Å²) in [5.74, 6) is 1.82. The molecule has 3 rings (SSSR count). The number of likely N-dealkylation sites (N-methyl/N-ethyl adjacent to an activating group) is 1. The molecule has 0 radical (unpaired) electrons. The molecule has 4 nitrogen and oxygen atoms in total. The summed E-state index contributed by atoms with van der Waals surface area (Å²) < 4.78 is 11.6. The molecule has 1 aromatic carbocycles. The van der Waals surface area contributed by atoms with Crippen LogP contribution in [0.25, 0.3) is 0 Å². The maximum atomic E-state index is 5.84. The van der Waals surface area contributed by atoms with Crippen molar-refractivity contribution in [3.8, 4) is 11.5 Å². The van der Waals surface area contributed by atoms with Gasteiger partial charge in [-0.1, -0.05) is 12.1 Å². The number of hydrogen-bond donors (Lipinski definition) is 1. The van der Waals surface area contributed by atoms with E-state index in [4.69, 9.17) is 9.47 Å². The van der Waals surface area contributed by atoms with Crippen LogP contribution in [0.2, 0.25) is 0 Å². The second-order valence-corrected chi connectivity index (χ2v) is 5.42. The number of nitrogens with zero attached hydrogens (tertiary/aromatic N) is 1. The largest absolute Gasteiger partial charge is 0.490 e. The van der Waals surface area contributed by atoms with Crippen LogP contribution >= 0.6 is 0 Å². The van der Waals surface area contributed by atoms with Crippen molar-refractivity contribution in [3.05, 3.63) is 23.8 Å². The van der Waals surface area contributed by atoms with Crippen LogP contribution < -0.4 is 14.8 Å². The molecule has 0 aromatic heterocycles. The van der Waals surface area contributed by atoms with Gasteiger partial charge in [0.15, 0.2) is 11.5 Å². The van der Waals surface area contributed by atoms with Gasteiger partial charge in [-0.05, 0) is 26.1 Å². The molecule has 1 aromatic rings. The lowest BCUT2D eigenvalue weighted by atomic mass is 10.1. The van der Waals surface area contributed by atoms with Crippen LogP contribution in [0.1, 0.15) is 18.4 Å². The highest BCUT2D eigenvalue weighted by atomic mass is 16.5. The molecule has 2 aliphatic rings. The molecule has 4 heteroatoms. The van der Waals surface area contributed by atoms with E-state index in [0.29, 0.717) is 6.04 Å². The maximum absolute atomic E-state index is 5.84. The Morgan fingerprint density at radius 2 is 2.21 bits per heavy atom. The molecule has 0 spiro atoms. The highest BCUT2D eigenvalue weighted by Gasteiger charge is 2.20.